The summed E-state index contributed by atoms with van der Waals surface area (Å²) in [5.74, 6) is 5.07. The van der Waals surface area contributed by atoms with Gasteiger partial charge in [-0.25, -0.2) is 0 Å². The molecule has 2 heteroatoms. The van der Waals surface area contributed by atoms with Gasteiger partial charge in [0, 0.05) is 5.41 Å². The van der Waals surface area contributed by atoms with Crippen LogP contribution in [0.4, 0.5) is 0 Å². The van der Waals surface area contributed by atoms with Crippen molar-refractivity contribution in [2.24, 2.45) is 5.41 Å². The van der Waals surface area contributed by atoms with Gasteiger partial charge in [-0.1, -0.05) is 42.2 Å². The van der Waals surface area contributed by atoms with Crippen molar-refractivity contribution in [3.05, 3.63) is 35.9 Å². The van der Waals surface area contributed by atoms with Crippen LogP contribution in [0.25, 0.3) is 0 Å². The quantitative estimate of drug-likeness (QED) is 0.586. The van der Waals surface area contributed by atoms with Crippen LogP contribution >= 0.6 is 11.6 Å². The van der Waals surface area contributed by atoms with Crippen LogP contribution in [0.3, 0.4) is 0 Å². The van der Waals surface area contributed by atoms with Crippen molar-refractivity contribution >= 4 is 11.6 Å². The van der Waals surface area contributed by atoms with Gasteiger partial charge in [-0.2, -0.15) is 0 Å². The molecule has 0 saturated heterocycles. The van der Waals surface area contributed by atoms with Crippen molar-refractivity contribution in [3.63, 3.8) is 0 Å². The van der Waals surface area contributed by atoms with Crippen molar-refractivity contribution < 1.29 is 4.74 Å². The fourth-order valence-corrected chi connectivity index (χ4v) is 1.04. The normalized spacial score (nSPS) is 10.8. The van der Waals surface area contributed by atoms with E-state index in [2.05, 4.69) is 11.8 Å². The van der Waals surface area contributed by atoms with Crippen LogP contribution in [0.5, 0.6) is 0 Å². The fraction of sp³-hybridized carbons (Fsp3) is 0.444. The van der Waals surface area contributed by atoms with Gasteiger partial charge in [0.25, 0.3) is 0 Å². The zero-order chi connectivity index (χ0) is 15.6. The molecule has 108 valence electrons. The lowest BCUT2D eigenvalue weighted by Gasteiger charge is -2.17. The van der Waals surface area contributed by atoms with Gasteiger partial charge in [0.1, 0.15) is 0 Å². The summed E-state index contributed by atoms with van der Waals surface area (Å²) in [6.45, 7) is 8.77. The number of rotatable bonds is 4. The number of hydrogen-bond acceptors (Lipinski definition) is 1. The van der Waals surface area contributed by atoms with Gasteiger partial charge >= 0.3 is 0 Å². The molecule has 0 aromatic heterocycles. The van der Waals surface area contributed by atoms with Crippen molar-refractivity contribution in [1.82, 2.24) is 0 Å². The van der Waals surface area contributed by atoms with Crippen LogP contribution in [-0.4, -0.2) is 11.5 Å². The van der Waals surface area contributed by atoms with Gasteiger partial charge in [0.05, 0.1) is 18.1 Å². The highest BCUT2D eigenvalue weighted by Crippen LogP contribution is 2.14. The number of ether oxygens (including phenoxy) is 1. The smallest absolute Gasteiger partial charge is 0.0990 e. The predicted octanol–water partition coefficient (Wildman–Crippen LogP) is 4.50. The molecule has 0 bridgehead atoms. The molecule has 1 nitrogen and oxygen atoms in total. The molecule has 0 aliphatic rings. The fourth-order valence-electron chi connectivity index (χ4n) is 1.04. The van der Waals surface area contributed by atoms with Crippen LogP contribution in [0, 0.1) is 30.1 Å². The Morgan fingerprint density at radius 1 is 1.05 bits per heavy atom. The lowest BCUT2D eigenvalue weighted by Crippen LogP contribution is -2.16. The lowest BCUT2D eigenvalue weighted by atomic mass is 9.97. The van der Waals surface area contributed by atoms with Crippen molar-refractivity contribution in [3.8, 4) is 24.7 Å². The molecule has 0 amide bonds. The first-order valence-corrected chi connectivity index (χ1v) is 6.84. The topological polar surface area (TPSA) is 9.23 Å². The van der Waals surface area contributed by atoms with E-state index in [0.717, 1.165) is 0 Å². The number of halogens is 1. The Bertz CT molecular complexity index is 455. The van der Waals surface area contributed by atoms with Gasteiger partial charge in [-0.05, 0) is 33.3 Å². The molecule has 0 fully saturated rings. The van der Waals surface area contributed by atoms with Crippen molar-refractivity contribution in [1.29, 1.82) is 0 Å². The Labute approximate surface area is 128 Å². The van der Waals surface area contributed by atoms with E-state index < -0.39 is 4.87 Å². The van der Waals surface area contributed by atoms with E-state index >= 15 is 0 Å². The molecule has 0 heterocycles. The van der Waals surface area contributed by atoms with E-state index in [-0.39, 0.29) is 5.41 Å². The summed E-state index contributed by atoms with van der Waals surface area (Å²) in [4.78, 5) is -0.458. The van der Waals surface area contributed by atoms with Crippen LogP contribution < -0.4 is 0 Å². The molecule has 0 atom stereocenters. The van der Waals surface area contributed by atoms with Crippen LogP contribution in [-0.2, 0) is 11.3 Å². The molecular weight excluding hydrogens is 268 g/mol. The number of alkyl halides is 1. The Morgan fingerprint density at radius 2 is 1.55 bits per heavy atom. The second-order valence-electron chi connectivity index (χ2n) is 5.62. The zero-order valence-corrected chi connectivity index (χ0v) is 13.5. The largest absolute Gasteiger partial charge is 0.375 e. The number of terminal acetylenes is 2. The van der Waals surface area contributed by atoms with Crippen LogP contribution in [0.2, 0.25) is 0 Å². The van der Waals surface area contributed by atoms with E-state index in [0.29, 0.717) is 13.2 Å². The summed E-state index contributed by atoms with van der Waals surface area (Å²) >= 11 is 5.48. The third-order valence-electron chi connectivity index (χ3n) is 2.31. The SMILES string of the molecule is C#CC(C)(C)COCc1ccccc1.C#CC(C)(C)Cl. The van der Waals surface area contributed by atoms with Gasteiger partial charge in [0.15, 0.2) is 0 Å². The third-order valence-corrected chi connectivity index (χ3v) is 2.42. The van der Waals surface area contributed by atoms with Gasteiger partial charge < -0.3 is 4.74 Å². The maximum atomic E-state index is 5.53. The summed E-state index contributed by atoms with van der Waals surface area (Å²) in [6, 6.07) is 10.1. The monoisotopic (exact) mass is 290 g/mol. The maximum Gasteiger partial charge on any atom is 0.0990 e. The third kappa shape index (κ3) is 10.5. The van der Waals surface area contributed by atoms with Crippen LogP contribution in [0.15, 0.2) is 30.3 Å². The molecule has 0 spiro atoms. The van der Waals surface area contributed by atoms with Gasteiger partial charge in [0.2, 0.25) is 0 Å². The average molecular weight is 291 g/mol. The minimum Gasteiger partial charge on any atom is -0.375 e. The molecule has 1 rings (SSSR count). The molecule has 0 aliphatic heterocycles. The highest BCUT2D eigenvalue weighted by Gasteiger charge is 2.13. The van der Waals surface area contributed by atoms with Crippen LogP contribution in [0.1, 0.15) is 33.3 Å². The summed E-state index contributed by atoms with van der Waals surface area (Å²) in [5, 5.41) is 0. The Morgan fingerprint density at radius 3 is 1.95 bits per heavy atom. The summed E-state index contributed by atoms with van der Waals surface area (Å²) < 4.78 is 5.53. The van der Waals surface area contributed by atoms with Gasteiger partial charge in [-0.3, -0.25) is 0 Å². The summed E-state index contributed by atoms with van der Waals surface area (Å²) in [7, 11) is 0. The molecular formula is C18H23ClO. The molecule has 0 saturated carbocycles. The standard InChI is InChI=1S/C13H16O.C5H7Cl/c1-4-13(2,3)11-14-10-12-8-6-5-7-9-12;1-4-5(2,3)6/h1,5-9H,10-11H2,2-3H3;1H,2-3H3. The highest BCUT2D eigenvalue weighted by molar-refractivity contribution is 6.25. The second kappa shape index (κ2) is 8.70. The molecule has 20 heavy (non-hydrogen) atoms. The molecule has 0 unspecified atom stereocenters. The van der Waals surface area contributed by atoms with E-state index in [4.69, 9.17) is 29.2 Å². The summed E-state index contributed by atoms with van der Waals surface area (Å²) in [6.07, 6.45) is 10.3. The lowest BCUT2D eigenvalue weighted by molar-refractivity contribution is 0.0754. The van der Waals surface area contributed by atoms with Crippen molar-refractivity contribution in [2.45, 2.75) is 39.2 Å². The molecule has 1 aromatic rings. The first kappa shape index (κ1) is 18.6. The van der Waals surface area contributed by atoms with E-state index in [1.165, 1.54) is 5.56 Å². The first-order chi connectivity index (χ1) is 9.20. The first-order valence-electron chi connectivity index (χ1n) is 6.46. The average Bonchev–Trinajstić information content (AvgIpc) is 2.40. The highest BCUT2D eigenvalue weighted by atomic mass is 35.5. The summed E-state index contributed by atoms with van der Waals surface area (Å²) in [5.41, 5.74) is 1.01. The Hall–Kier alpha value is -1.41. The van der Waals surface area contributed by atoms with Gasteiger partial charge in [-0.15, -0.1) is 24.4 Å². The number of hydrogen-bond donors (Lipinski definition) is 0. The van der Waals surface area contributed by atoms with E-state index in [1.807, 2.05) is 44.2 Å². The maximum absolute atomic E-state index is 5.53. The Kier molecular flexibility index (Phi) is 8.09. The molecule has 0 radical (unpaired) electrons. The van der Waals surface area contributed by atoms with E-state index in [1.54, 1.807) is 13.8 Å². The molecule has 0 N–H and O–H groups in total. The molecule has 0 aliphatic carbocycles. The van der Waals surface area contributed by atoms with E-state index in [9.17, 15) is 0 Å². The zero-order valence-electron chi connectivity index (χ0n) is 12.7. The minimum absolute atomic E-state index is 0.172. The second-order valence-corrected chi connectivity index (χ2v) is 6.57. The minimum atomic E-state index is -0.458. The Balaban J connectivity index is 0.000000511. The number of benzene rings is 1. The predicted molar refractivity (Wildman–Crippen MR) is 87.5 cm³/mol. The van der Waals surface area contributed by atoms with Crippen molar-refractivity contribution in [2.75, 3.05) is 6.61 Å². The molecule has 1 aromatic carbocycles.